The highest BCUT2D eigenvalue weighted by atomic mass is 35.5. The summed E-state index contributed by atoms with van der Waals surface area (Å²) >= 11 is 6.22. The van der Waals surface area contributed by atoms with Gasteiger partial charge in [0.05, 0.1) is 19.5 Å². The van der Waals surface area contributed by atoms with E-state index in [0.29, 0.717) is 22.8 Å². The number of imidazole rings is 1. The molecule has 0 bridgehead atoms. The highest BCUT2D eigenvalue weighted by Crippen LogP contribution is 2.33. The average molecular weight is 482 g/mol. The molecular formula is C24H24ClN5O4. The average Bonchev–Trinajstić information content (AvgIpc) is 3.39. The standard InChI is InChI=1S/C24H24ClN5O4/c25-16-8-4-7-15(9-16)17(14-5-2-1-3-6-14)10-33-11-18-20(31)21(32)24(34-18)30-13-29-19-22(26)27-12-28-23(19)30/h1-9,12-13,17-18,20-21,24,31-32H,10-11H2,(H2,26,27,28)/t17?,18-,20-,21-,24-/m1/s1. The van der Waals surface area contributed by atoms with Crippen molar-refractivity contribution in [3.8, 4) is 0 Å². The number of aromatic nitrogens is 4. The molecule has 5 atom stereocenters. The first kappa shape index (κ1) is 22.7. The molecule has 0 saturated carbocycles. The van der Waals surface area contributed by atoms with Crippen LogP contribution in [0.4, 0.5) is 5.82 Å². The third-order valence-corrected chi connectivity index (χ3v) is 6.25. The zero-order valence-electron chi connectivity index (χ0n) is 18.1. The minimum Gasteiger partial charge on any atom is -0.387 e. The topological polar surface area (TPSA) is 129 Å². The second-order valence-electron chi connectivity index (χ2n) is 8.18. The van der Waals surface area contributed by atoms with Crippen LogP contribution in [0.25, 0.3) is 11.2 Å². The first-order valence-corrected chi connectivity index (χ1v) is 11.2. The van der Waals surface area contributed by atoms with Crippen LogP contribution in [0.1, 0.15) is 23.3 Å². The van der Waals surface area contributed by atoms with Gasteiger partial charge in [0, 0.05) is 10.9 Å². The zero-order chi connectivity index (χ0) is 23.7. The fourth-order valence-electron chi connectivity index (χ4n) is 4.25. The molecule has 0 radical (unpaired) electrons. The van der Waals surface area contributed by atoms with Gasteiger partial charge in [-0.15, -0.1) is 0 Å². The predicted molar refractivity (Wildman–Crippen MR) is 126 cm³/mol. The van der Waals surface area contributed by atoms with Crippen LogP contribution in [-0.4, -0.2) is 61.3 Å². The number of hydrogen-bond donors (Lipinski definition) is 3. The smallest absolute Gasteiger partial charge is 0.167 e. The molecule has 1 saturated heterocycles. The van der Waals surface area contributed by atoms with Crippen LogP contribution in [0, 0.1) is 0 Å². The third-order valence-electron chi connectivity index (χ3n) is 6.02. The Kier molecular flexibility index (Phi) is 6.44. The number of benzene rings is 2. The molecule has 0 spiro atoms. The van der Waals surface area contributed by atoms with Crippen LogP contribution in [0.2, 0.25) is 5.02 Å². The maximum absolute atomic E-state index is 10.7. The number of halogens is 1. The van der Waals surface area contributed by atoms with E-state index in [4.69, 9.17) is 26.8 Å². The molecule has 1 aliphatic heterocycles. The van der Waals surface area contributed by atoms with Crippen LogP contribution < -0.4 is 5.73 Å². The van der Waals surface area contributed by atoms with Crippen LogP contribution in [0.3, 0.4) is 0 Å². The van der Waals surface area contributed by atoms with E-state index >= 15 is 0 Å². The van der Waals surface area contributed by atoms with E-state index in [1.165, 1.54) is 12.7 Å². The monoisotopic (exact) mass is 481 g/mol. The first-order valence-electron chi connectivity index (χ1n) is 10.9. The van der Waals surface area contributed by atoms with Crippen molar-refractivity contribution in [1.29, 1.82) is 0 Å². The second kappa shape index (κ2) is 9.65. The number of nitrogens with zero attached hydrogens (tertiary/aromatic N) is 4. The molecular weight excluding hydrogens is 458 g/mol. The Bertz CT molecular complexity index is 1270. The number of ether oxygens (including phenoxy) is 2. The SMILES string of the molecule is Nc1ncnc2c1ncn2[C@@H]1O[C@H](COCC(c2ccccc2)c2cccc(Cl)c2)[C@@H](O)[C@H]1O. The van der Waals surface area contributed by atoms with Crippen LogP contribution >= 0.6 is 11.6 Å². The highest BCUT2D eigenvalue weighted by Gasteiger charge is 2.44. The Morgan fingerprint density at radius 2 is 1.82 bits per heavy atom. The number of nitrogens with two attached hydrogens (primary N) is 1. The van der Waals surface area contributed by atoms with Gasteiger partial charge < -0.3 is 25.4 Å². The summed E-state index contributed by atoms with van der Waals surface area (Å²) < 4.78 is 13.5. The molecule has 5 rings (SSSR count). The lowest BCUT2D eigenvalue weighted by Crippen LogP contribution is -2.34. The van der Waals surface area contributed by atoms with E-state index in [1.54, 1.807) is 4.57 Å². The Labute approximate surface area is 200 Å². The highest BCUT2D eigenvalue weighted by molar-refractivity contribution is 6.30. The molecule has 2 aromatic heterocycles. The largest absolute Gasteiger partial charge is 0.387 e. The molecule has 4 N–H and O–H groups in total. The lowest BCUT2D eigenvalue weighted by Gasteiger charge is -2.21. The summed E-state index contributed by atoms with van der Waals surface area (Å²) in [6, 6.07) is 17.6. The number of rotatable bonds is 7. The fraction of sp³-hybridized carbons (Fsp3) is 0.292. The maximum Gasteiger partial charge on any atom is 0.167 e. The molecule has 34 heavy (non-hydrogen) atoms. The second-order valence-corrected chi connectivity index (χ2v) is 8.62. The summed E-state index contributed by atoms with van der Waals surface area (Å²) in [5.74, 6) is 0.168. The van der Waals surface area contributed by atoms with Gasteiger partial charge in [0.15, 0.2) is 17.7 Å². The van der Waals surface area contributed by atoms with E-state index in [0.717, 1.165) is 11.1 Å². The van der Waals surface area contributed by atoms with Crippen LogP contribution in [0.15, 0.2) is 67.3 Å². The molecule has 1 unspecified atom stereocenters. The van der Waals surface area contributed by atoms with Crippen molar-refractivity contribution < 1.29 is 19.7 Å². The zero-order valence-corrected chi connectivity index (χ0v) is 18.9. The lowest BCUT2D eigenvalue weighted by atomic mass is 9.92. The van der Waals surface area contributed by atoms with Gasteiger partial charge in [-0.1, -0.05) is 54.1 Å². The Hall–Kier alpha value is -3.08. The number of fused-ring (bicyclic) bond motifs is 1. The number of nitrogen functional groups attached to an aromatic ring is 1. The van der Waals surface area contributed by atoms with E-state index in [1.807, 2.05) is 54.6 Å². The summed E-state index contributed by atoms with van der Waals surface area (Å²) in [6.45, 7) is 0.428. The Balaban J connectivity index is 1.30. The number of anilines is 1. The number of aliphatic hydroxyl groups is 2. The molecule has 1 fully saturated rings. The molecule has 9 nitrogen and oxygen atoms in total. The van der Waals surface area contributed by atoms with Crippen LogP contribution in [-0.2, 0) is 9.47 Å². The van der Waals surface area contributed by atoms with Crippen molar-refractivity contribution >= 4 is 28.6 Å². The van der Waals surface area contributed by atoms with Gasteiger partial charge in [-0.3, -0.25) is 4.57 Å². The van der Waals surface area contributed by atoms with Gasteiger partial charge in [-0.2, -0.15) is 0 Å². The van der Waals surface area contributed by atoms with E-state index in [-0.39, 0.29) is 18.3 Å². The van der Waals surface area contributed by atoms with Crippen LogP contribution in [0.5, 0.6) is 0 Å². The van der Waals surface area contributed by atoms with Crippen molar-refractivity contribution in [2.75, 3.05) is 18.9 Å². The van der Waals surface area contributed by atoms with E-state index < -0.39 is 24.5 Å². The predicted octanol–water partition coefficient (Wildman–Crippen LogP) is 2.53. The number of hydrogen-bond acceptors (Lipinski definition) is 8. The third kappa shape index (κ3) is 4.36. The summed E-state index contributed by atoms with van der Waals surface area (Å²) in [5, 5.41) is 21.9. The molecule has 10 heteroatoms. The van der Waals surface area contributed by atoms with Gasteiger partial charge in [0.25, 0.3) is 0 Å². The van der Waals surface area contributed by atoms with Gasteiger partial charge >= 0.3 is 0 Å². The number of aliphatic hydroxyl groups excluding tert-OH is 2. The van der Waals surface area contributed by atoms with E-state index in [2.05, 4.69) is 15.0 Å². The van der Waals surface area contributed by atoms with Crippen molar-refractivity contribution in [1.82, 2.24) is 19.5 Å². The molecule has 4 aromatic rings. The summed E-state index contributed by atoms with van der Waals surface area (Å²) in [5.41, 5.74) is 8.77. The van der Waals surface area contributed by atoms with Crippen molar-refractivity contribution in [3.05, 3.63) is 83.4 Å². The maximum atomic E-state index is 10.7. The molecule has 0 aliphatic carbocycles. The lowest BCUT2D eigenvalue weighted by molar-refractivity contribution is -0.0661. The van der Waals surface area contributed by atoms with Gasteiger partial charge in [0.1, 0.15) is 30.2 Å². The summed E-state index contributed by atoms with van der Waals surface area (Å²) in [6.07, 6.45) is -1.20. The van der Waals surface area contributed by atoms with Crippen molar-refractivity contribution in [3.63, 3.8) is 0 Å². The molecule has 3 heterocycles. The molecule has 176 valence electrons. The first-order chi connectivity index (χ1) is 16.5. The quantitative estimate of drug-likeness (QED) is 0.367. The summed E-state index contributed by atoms with van der Waals surface area (Å²) in [4.78, 5) is 12.3. The van der Waals surface area contributed by atoms with Crippen molar-refractivity contribution in [2.24, 2.45) is 0 Å². The van der Waals surface area contributed by atoms with Gasteiger partial charge in [-0.05, 0) is 23.3 Å². The van der Waals surface area contributed by atoms with E-state index in [9.17, 15) is 10.2 Å². The minimum atomic E-state index is -1.19. The van der Waals surface area contributed by atoms with Crippen molar-refractivity contribution in [2.45, 2.75) is 30.5 Å². The minimum absolute atomic E-state index is 0.0589. The molecule has 2 aromatic carbocycles. The van der Waals surface area contributed by atoms with Gasteiger partial charge in [0.2, 0.25) is 0 Å². The molecule has 1 aliphatic rings. The Morgan fingerprint density at radius 3 is 2.62 bits per heavy atom. The fourth-order valence-corrected chi connectivity index (χ4v) is 4.45. The normalized spacial score (nSPS) is 23.4. The Morgan fingerprint density at radius 1 is 1.03 bits per heavy atom. The molecule has 0 amide bonds. The summed E-state index contributed by atoms with van der Waals surface area (Å²) in [7, 11) is 0. The van der Waals surface area contributed by atoms with Gasteiger partial charge in [-0.25, -0.2) is 15.0 Å².